The number of hydrogen-bond donors (Lipinski definition) is 2. The lowest BCUT2D eigenvalue weighted by molar-refractivity contribution is -0.0683. The second-order valence-corrected chi connectivity index (χ2v) is 3.07. The third-order valence-electron chi connectivity index (χ3n) is 1.82. The quantitative estimate of drug-likeness (QED) is 0.417. The Bertz CT molecular complexity index is 388. The molecular weight excluding hydrogens is 272 g/mol. The Labute approximate surface area is 104 Å². The Hall–Kier alpha value is -2.72. The van der Waals surface area contributed by atoms with Crippen LogP contribution in [0.1, 0.15) is 0 Å². The number of hydrogen-bond acceptors (Lipinski definition) is 9. The number of carboxylic acid groups (broad SMARTS) is 2. The second kappa shape index (κ2) is 6.28. The van der Waals surface area contributed by atoms with Gasteiger partial charge in [-0.1, -0.05) is 0 Å². The van der Waals surface area contributed by atoms with Gasteiger partial charge in [-0.2, -0.15) is 0 Å². The summed E-state index contributed by atoms with van der Waals surface area (Å²) >= 11 is 0. The van der Waals surface area contributed by atoms with E-state index in [9.17, 15) is 19.2 Å². The predicted octanol–water partition coefficient (Wildman–Crippen LogP) is 0.416. The van der Waals surface area contributed by atoms with Gasteiger partial charge in [0.25, 0.3) is 0 Å². The molecule has 2 atom stereocenters. The van der Waals surface area contributed by atoms with Gasteiger partial charge in [0.1, 0.15) is 13.2 Å². The molecule has 0 saturated carbocycles. The molecule has 2 N–H and O–H groups in total. The fraction of sp³-hybridized carbons (Fsp3) is 0.500. The van der Waals surface area contributed by atoms with Gasteiger partial charge in [0.2, 0.25) is 0 Å². The zero-order valence-electron chi connectivity index (χ0n) is 9.14. The van der Waals surface area contributed by atoms with Crippen LogP contribution >= 0.6 is 0 Å². The van der Waals surface area contributed by atoms with Gasteiger partial charge in [0.05, 0.1) is 0 Å². The van der Waals surface area contributed by atoms with Crippen molar-refractivity contribution in [1.29, 1.82) is 0 Å². The molecule has 19 heavy (non-hydrogen) atoms. The zero-order valence-corrected chi connectivity index (χ0v) is 9.14. The molecule has 0 radical (unpaired) electrons. The van der Waals surface area contributed by atoms with E-state index in [2.05, 4.69) is 23.7 Å². The fourth-order valence-corrected chi connectivity index (χ4v) is 1.11. The van der Waals surface area contributed by atoms with Crippen LogP contribution in [0.15, 0.2) is 0 Å². The molecule has 11 heteroatoms. The van der Waals surface area contributed by atoms with E-state index >= 15 is 0 Å². The molecular formula is C8H8O11. The molecule has 0 aromatic heterocycles. The first-order chi connectivity index (χ1) is 8.88. The predicted molar refractivity (Wildman–Crippen MR) is 49.6 cm³/mol. The number of rotatable bonds is 4. The molecule has 0 aromatic carbocycles. The number of carbonyl (C=O) groups excluding carboxylic acids is 2. The van der Waals surface area contributed by atoms with Crippen molar-refractivity contribution in [1.82, 2.24) is 0 Å². The summed E-state index contributed by atoms with van der Waals surface area (Å²) in [6.07, 6.45) is -9.11. The van der Waals surface area contributed by atoms with E-state index in [1.54, 1.807) is 0 Å². The molecule has 0 bridgehead atoms. The maximum absolute atomic E-state index is 10.9. The molecule has 1 aliphatic rings. The Morgan fingerprint density at radius 2 is 1.95 bits per heavy atom. The molecule has 106 valence electrons. The minimum Gasteiger partial charge on any atom is -0.450 e. The lowest BCUT2D eigenvalue weighted by Gasteiger charge is -2.21. The van der Waals surface area contributed by atoms with E-state index in [0.717, 1.165) is 0 Å². The van der Waals surface area contributed by atoms with Gasteiger partial charge in [0, 0.05) is 0 Å². The van der Waals surface area contributed by atoms with Crippen LogP contribution in [-0.2, 0) is 23.7 Å². The van der Waals surface area contributed by atoms with E-state index < -0.39 is 50.0 Å². The van der Waals surface area contributed by atoms with E-state index in [1.165, 1.54) is 0 Å². The van der Waals surface area contributed by atoms with Crippen LogP contribution in [0.3, 0.4) is 0 Å². The minimum atomic E-state index is -1.76. The molecule has 0 aliphatic carbocycles. The number of carbonyl (C=O) groups is 4. The number of cyclic esters (lactones) is 4. The van der Waals surface area contributed by atoms with Crippen LogP contribution in [-0.4, -0.2) is 60.3 Å². The van der Waals surface area contributed by atoms with E-state index in [1.807, 2.05) is 0 Å². The Morgan fingerprint density at radius 1 is 1.26 bits per heavy atom. The monoisotopic (exact) mass is 280 g/mol. The Kier molecular flexibility index (Phi) is 4.74. The van der Waals surface area contributed by atoms with Crippen LogP contribution in [0, 0.1) is 0 Å². The molecule has 1 fully saturated rings. The van der Waals surface area contributed by atoms with Crippen LogP contribution < -0.4 is 0 Å². The van der Waals surface area contributed by atoms with Crippen molar-refractivity contribution in [3.8, 4) is 0 Å². The molecule has 1 aliphatic heterocycles. The lowest BCUT2D eigenvalue weighted by atomic mass is 10.2. The average Bonchev–Trinajstić information content (AvgIpc) is 2.44. The van der Waals surface area contributed by atoms with E-state index in [0.29, 0.717) is 0 Å². The van der Waals surface area contributed by atoms with Crippen LogP contribution in [0.4, 0.5) is 19.2 Å². The summed E-state index contributed by atoms with van der Waals surface area (Å²) in [6, 6.07) is 0. The summed E-state index contributed by atoms with van der Waals surface area (Å²) in [6.45, 7) is -1.33. The first-order valence-electron chi connectivity index (χ1n) is 4.69. The normalized spacial score (nSPS) is 20.1. The summed E-state index contributed by atoms with van der Waals surface area (Å²) in [5.41, 5.74) is 0. The molecule has 1 heterocycles. The van der Waals surface area contributed by atoms with Crippen LogP contribution in [0.25, 0.3) is 0 Å². The second-order valence-electron chi connectivity index (χ2n) is 3.07. The maximum atomic E-state index is 10.9. The lowest BCUT2D eigenvalue weighted by Crippen LogP contribution is -2.40. The molecule has 1 rings (SSSR count). The highest BCUT2D eigenvalue weighted by Gasteiger charge is 2.35. The van der Waals surface area contributed by atoms with E-state index in [-0.39, 0.29) is 0 Å². The third-order valence-corrected chi connectivity index (χ3v) is 1.82. The van der Waals surface area contributed by atoms with Crippen molar-refractivity contribution in [2.75, 3.05) is 13.2 Å². The number of ether oxygens (including phenoxy) is 5. The van der Waals surface area contributed by atoms with Gasteiger partial charge in [-0.3, -0.25) is 0 Å². The van der Waals surface area contributed by atoms with Gasteiger partial charge in [-0.25, -0.2) is 19.2 Å². The first-order valence-corrected chi connectivity index (χ1v) is 4.69. The molecule has 0 spiro atoms. The highest BCUT2D eigenvalue weighted by molar-refractivity contribution is 5.77. The highest BCUT2D eigenvalue weighted by Crippen LogP contribution is 2.12. The molecule has 0 unspecified atom stereocenters. The molecule has 0 aromatic rings. The third kappa shape index (κ3) is 4.97. The van der Waals surface area contributed by atoms with Crippen LogP contribution in [0.2, 0.25) is 0 Å². The van der Waals surface area contributed by atoms with Gasteiger partial charge in [-0.15, -0.1) is 0 Å². The van der Waals surface area contributed by atoms with Gasteiger partial charge >= 0.3 is 24.6 Å². The van der Waals surface area contributed by atoms with Crippen molar-refractivity contribution < 1.29 is 53.1 Å². The summed E-state index contributed by atoms with van der Waals surface area (Å²) < 4.78 is 21.2. The summed E-state index contributed by atoms with van der Waals surface area (Å²) in [4.78, 5) is 42.3. The SMILES string of the molecule is O=C(O)OC[C@H](OC(=O)O)[C@H]1COC(=O)OC(=O)O1. The minimum absolute atomic E-state index is 0.578. The average molecular weight is 280 g/mol. The smallest absolute Gasteiger partial charge is 0.450 e. The van der Waals surface area contributed by atoms with Crippen molar-refractivity contribution in [3.63, 3.8) is 0 Å². The van der Waals surface area contributed by atoms with Gasteiger partial charge in [-0.05, 0) is 0 Å². The van der Waals surface area contributed by atoms with Crippen molar-refractivity contribution in [2.24, 2.45) is 0 Å². The highest BCUT2D eigenvalue weighted by atomic mass is 16.8. The van der Waals surface area contributed by atoms with Crippen molar-refractivity contribution in [3.05, 3.63) is 0 Å². The Morgan fingerprint density at radius 3 is 2.53 bits per heavy atom. The Balaban J connectivity index is 2.71. The topological polar surface area (TPSA) is 155 Å². The summed E-state index contributed by atoms with van der Waals surface area (Å²) in [5, 5.41) is 16.8. The standard InChI is InChI=1S/C8H8O11/c9-5(10)15-1-3(17-6(11)12)4-2-16-7(13)19-8(14)18-4/h3-4H,1-2H2,(H,9,10)(H,11,12)/t3-,4+/m0/s1. The van der Waals surface area contributed by atoms with E-state index in [4.69, 9.17) is 10.2 Å². The molecule has 11 nitrogen and oxygen atoms in total. The van der Waals surface area contributed by atoms with Gasteiger partial charge in [0.15, 0.2) is 12.2 Å². The summed E-state index contributed by atoms with van der Waals surface area (Å²) in [7, 11) is 0. The molecule has 0 amide bonds. The zero-order chi connectivity index (χ0) is 14.4. The largest absolute Gasteiger partial charge is 0.519 e. The molecule has 1 saturated heterocycles. The fourth-order valence-electron chi connectivity index (χ4n) is 1.11. The van der Waals surface area contributed by atoms with Crippen molar-refractivity contribution >= 4 is 24.6 Å². The maximum Gasteiger partial charge on any atom is 0.519 e. The van der Waals surface area contributed by atoms with Crippen LogP contribution in [0.5, 0.6) is 0 Å². The summed E-state index contributed by atoms with van der Waals surface area (Å²) in [5.74, 6) is 0. The van der Waals surface area contributed by atoms with Gasteiger partial charge < -0.3 is 33.9 Å². The first kappa shape index (κ1) is 14.3. The van der Waals surface area contributed by atoms with Crippen molar-refractivity contribution in [2.45, 2.75) is 12.2 Å².